The first-order valence-corrected chi connectivity index (χ1v) is 7.00. The molecule has 7 heteroatoms. The Morgan fingerprint density at radius 2 is 1.48 bits per heavy atom. The van der Waals surface area contributed by atoms with Crippen molar-refractivity contribution in [3.8, 4) is 23.0 Å². The van der Waals surface area contributed by atoms with Gasteiger partial charge < -0.3 is 25.5 Å². The molecule has 0 amide bonds. The molecule has 0 unspecified atom stereocenters. The lowest BCUT2D eigenvalue weighted by atomic mass is 10.00. The van der Waals surface area contributed by atoms with Crippen molar-refractivity contribution in [3.05, 3.63) is 59.2 Å². The van der Waals surface area contributed by atoms with Crippen LogP contribution in [0.15, 0.2) is 42.5 Å². The van der Waals surface area contributed by atoms with E-state index in [0.717, 1.165) is 24.3 Å². The van der Waals surface area contributed by atoms with E-state index in [0.29, 0.717) is 5.56 Å². The number of hydrogen-bond acceptors (Lipinski definition) is 6. The van der Waals surface area contributed by atoms with Gasteiger partial charge in [0.25, 0.3) is 0 Å². The van der Waals surface area contributed by atoms with Crippen LogP contribution in [0.25, 0.3) is 12.2 Å². The molecule has 0 aliphatic rings. The molecule has 0 saturated carbocycles. The van der Waals surface area contributed by atoms with E-state index in [-0.39, 0.29) is 22.6 Å². The van der Waals surface area contributed by atoms with Crippen LogP contribution in [-0.2, 0) is 4.79 Å². The third-order valence-electron chi connectivity index (χ3n) is 3.27. The lowest BCUT2D eigenvalue weighted by Gasteiger charge is -2.07. The fourth-order valence-corrected chi connectivity index (χ4v) is 2.05. The van der Waals surface area contributed by atoms with Gasteiger partial charge in [0.15, 0.2) is 28.8 Å². The van der Waals surface area contributed by atoms with Gasteiger partial charge in [-0.25, -0.2) is 4.79 Å². The summed E-state index contributed by atoms with van der Waals surface area (Å²) in [6.45, 7) is 0. The predicted octanol–water partition coefficient (Wildman–Crippen LogP) is 2.50. The maximum atomic E-state index is 12.4. The van der Waals surface area contributed by atoms with E-state index in [9.17, 15) is 30.0 Å². The fraction of sp³-hybridized carbons (Fsp3) is 0. The first-order valence-electron chi connectivity index (χ1n) is 7.00. The van der Waals surface area contributed by atoms with Gasteiger partial charge in [0.2, 0.25) is 0 Å². The Bertz CT molecular complexity index is 895. The Kier molecular flexibility index (Phi) is 5.09. The summed E-state index contributed by atoms with van der Waals surface area (Å²) < 4.78 is 0. The average Bonchev–Trinajstić information content (AvgIpc) is 2.56. The highest BCUT2D eigenvalue weighted by Gasteiger charge is 2.16. The Labute approximate surface area is 142 Å². The standard InChI is InChI=1S/C18H14O7/c19-12-5-1-10(9-15(12)22)2-6-13(20)17-11(4-8-16(23)24)3-7-14(21)18(17)25/h1-9,19,21-22,25H,(H,23,24). The van der Waals surface area contributed by atoms with Gasteiger partial charge in [-0.2, -0.15) is 0 Å². The van der Waals surface area contributed by atoms with Crippen molar-refractivity contribution < 1.29 is 35.1 Å². The molecule has 0 radical (unpaired) electrons. The Balaban J connectivity index is 2.40. The highest BCUT2D eigenvalue weighted by atomic mass is 16.4. The van der Waals surface area contributed by atoms with Gasteiger partial charge in [0.1, 0.15) is 0 Å². The molecule has 0 aliphatic carbocycles. The molecule has 5 N–H and O–H groups in total. The summed E-state index contributed by atoms with van der Waals surface area (Å²) in [6, 6.07) is 6.35. The van der Waals surface area contributed by atoms with E-state index in [1.807, 2.05) is 0 Å². The normalized spacial score (nSPS) is 11.2. The topological polar surface area (TPSA) is 135 Å². The largest absolute Gasteiger partial charge is 0.504 e. The maximum absolute atomic E-state index is 12.4. The summed E-state index contributed by atoms with van der Waals surface area (Å²) in [6.07, 6.45) is 4.33. The van der Waals surface area contributed by atoms with Crippen molar-refractivity contribution in [1.29, 1.82) is 0 Å². The van der Waals surface area contributed by atoms with Crippen LogP contribution in [0.4, 0.5) is 0 Å². The predicted molar refractivity (Wildman–Crippen MR) is 89.6 cm³/mol. The van der Waals surface area contributed by atoms with Crippen LogP contribution >= 0.6 is 0 Å². The monoisotopic (exact) mass is 342 g/mol. The highest BCUT2D eigenvalue weighted by Crippen LogP contribution is 2.33. The van der Waals surface area contributed by atoms with E-state index in [1.165, 1.54) is 30.3 Å². The Morgan fingerprint density at radius 3 is 2.12 bits per heavy atom. The number of carbonyl (C=O) groups is 2. The number of benzene rings is 2. The minimum Gasteiger partial charge on any atom is -0.504 e. The number of carboxylic acids is 1. The molecule has 0 heterocycles. The number of carboxylic acid groups (broad SMARTS) is 1. The maximum Gasteiger partial charge on any atom is 0.328 e. The zero-order valence-corrected chi connectivity index (χ0v) is 12.7. The molecule has 2 aromatic carbocycles. The van der Waals surface area contributed by atoms with Crippen molar-refractivity contribution in [1.82, 2.24) is 0 Å². The van der Waals surface area contributed by atoms with Crippen LogP contribution in [0.3, 0.4) is 0 Å². The number of rotatable bonds is 5. The first kappa shape index (κ1) is 17.6. The van der Waals surface area contributed by atoms with Crippen molar-refractivity contribution in [2.45, 2.75) is 0 Å². The Hall–Kier alpha value is -3.74. The van der Waals surface area contributed by atoms with Gasteiger partial charge in [-0.15, -0.1) is 0 Å². The second-order valence-corrected chi connectivity index (χ2v) is 5.01. The van der Waals surface area contributed by atoms with Crippen molar-refractivity contribution in [2.75, 3.05) is 0 Å². The summed E-state index contributed by atoms with van der Waals surface area (Å²) in [4.78, 5) is 23.0. The molecule has 0 bridgehead atoms. The number of aliphatic carboxylic acids is 1. The molecule has 0 aromatic heterocycles. The fourth-order valence-electron chi connectivity index (χ4n) is 2.05. The molecule has 25 heavy (non-hydrogen) atoms. The molecule has 0 fully saturated rings. The molecule has 0 atom stereocenters. The van der Waals surface area contributed by atoms with E-state index in [1.54, 1.807) is 0 Å². The number of ketones is 1. The summed E-state index contributed by atoms with van der Waals surface area (Å²) in [7, 11) is 0. The molecule has 2 aromatic rings. The van der Waals surface area contributed by atoms with Gasteiger partial charge in [0.05, 0.1) is 5.56 Å². The molecule has 7 nitrogen and oxygen atoms in total. The summed E-state index contributed by atoms with van der Waals surface area (Å²) in [5.74, 6) is -3.79. The average molecular weight is 342 g/mol. The van der Waals surface area contributed by atoms with Crippen LogP contribution in [0.5, 0.6) is 23.0 Å². The Morgan fingerprint density at radius 1 is 0.800 bits per heavy atom. The lowest BCUT2D eigenvalue weighted by Crippen LogP contribution is -1.99. The summed E-state index contributed by atoms with van der Waals surface area (Å²) >= 11 is 0. The second kappa shape index (κ2) is 7.22. The van der Waals surface area contributed by atoms with E-state index in [2.05, 4.69) is 0 Å². The molecule has 2 rings (SSSR count). The smallest absolute Gasteiger partial charge is 0.328 e. The van der Waals surface area contributed by atoms with Gasteiger partial charge in [-0.1, -0.05) is 18.2 Å². The summed E-state index contributed by atoms with van der Waals surface area (Å²) in [5.41, 5.74) is 0.253. The third-order valence-corrected chi connectivity index (χ3v) is 3.27. The second-order valence-electron chi connectivity index (χ2n) is 5.01. The van der Waals surface area contributed by atoms with Crippen LogP contribution in [0.1, 0.15) is 21.5 Å². The van der Waals surface area contributed by atoms with E-state index < -0.39 is 23.3 Å². The first-order chi connectivity index (χ1) is 11.8. The van der Waals surface area contributed by atoms with Crippen LogP contribution in [-0.4, -0.2) is 37.3 Å². The van der Waals surface area contributed by atoms with Crippen molar-refractivity contribution >= 4 is 23.9 Å². The molecule has 0 aliphatic heterocycles. The minimum absolute atomic E-state index is 0.112. The molecule has 128 valence electrons. The molecule has 0 spiro atoms. The zero-order chi connectivity index (χ0) is 18.6. The van der Waals surface area contributed by atoms with Gasteiger partial charge in [0, 0.05) is 6.08 Å². The van der Waals surface area contributed by atoms with E-state index >= 15 is 0 Å². The number of carbonyl (C=O) groups excluding carboxylic acids is 1. The third kappa shape index (κ3) is 4.17. The van der Waals surface area contributed by atoms with E-state index in [4.69, 9.17) is 5.11 Å². The van der Waals surface area contributed by atoms with Crippen molar-refractivity contribution in [2.24, 2.45) is 0 Å². The lowest BCUT2D eigenvalue weighted by molar-refractivity contribution is -0.131. The quantitative estimate of drug-likeness (QED) is 0.320. The van der Waals surface area contributed by atoms with Gasteiger partial charge in [-0.3, -0.25) is 4.79 Å². The molecular formula is C18H14O7. The minimum atomic E-state index is -1.24. The van der Waals surface area contributed by atoms with Crippen LogP contribution in [0.2, 0.25) is 0 Å². The van der Waals surface area contributed by atoms with Gasteiger partial charge in [-0.05, 0) is 41.5 Å². The number of phenolic OH excluding ortho intramolecular Hbond substituents is 4. The summed E-state index contributed by atoms with van der Waals surface area (Å²) in [5, 5.41) is 46.9. The number of phenols is 4. The SMILES string of the molecule is O=C(O)C=Cc1ccc(O)c(O)c1C(=O)C=Cc1ccc(O)c(O)c1. The molecular weight excluding hydrogens is 328 g/mol. The van der Waals surface area contributed by atoms with Crippen molar-refractivity contribution in [3.63, 3.8) is 0 Å². The van der Waals surface area contributed by atoms with Gasteiger partial charge >= 0.3 is 5.97 Å². The highest BCUT2D eigenvalue weighted by molar-refractivity contribution is 6.11. The molecule has 0 saturated heterocycles. The van der Waals surface area contributed by atoms with Crippen LogP contribution in [0, 0.1) is 0 Å². The van der Waals surface area contributed by atoms with Crippen LogP contribution < -0.4 is 0 Å². The number of allylic oxidation sites excluding steroid dienone is 1. The zero-order valence-electron chi connectivity index (χ0n) is 12.7. The number of hydrogen-bond donors (Lipinski definition) is 5. The number of aromatic hydroxyl groups is 4.